The number of hydrogen-bond donors (Lipinski definition) is 2. The minimum absolute atomic E-state index is 0.0875. The molecule has 0 aliphatic carbocycles. The highest BCUT2D eigenvalue weighted by molar-refractivity contribution is 6.10. The molecular weight excluding hydrogens is 416 g/mol. The summed E-state index contributed by atoms with van der Waals surface area (Å²) in [5.41, 5.74) is 1.57. The molecular formula is C22H24N4O6. The zero-order chi connectivity index (χ0) is 23.3. The van der Waals surface area contributed by atoms with Gasteiger partial charge in [-0.3, -0.25) is 24.1 Å². The number of carbonyl (C=O) groups excluding carboxylic acids is 4. The van der Waals surface area contributed by atoms with Crippen molar-refractivity contribution in [2.75, 3.05) is 31.2 Å². The average Bonchev–Trinajstić information content (AvgIpc) is 2.93. The molecule has 32 heavy (non-hydrogen) atoms. The van der Waals surface area contributed by atoms with Crippen LogP contribution in [-0.2, 0) is 20.9 Å². The van der Waals surface area contributed by atoms with Crippen molar-refractivity contribution in [1.29, 1.82) is 0 Å². The lowest BCUT2D eigenvalue weighted by Gasteiger charge is -2.23. The first-order chi connectivity index (χ1) is 15.3. The van der Waals surface area contributed by atoms with E-state index in [1.54, 1.807) is 48.5 Å². The third-order valence-electron chi connectivity index (χ3n) is 4.93. The van der Waals surface area contributed by atoms with Crippen LogP contribution in [0.25, 0.3) is 0 Å². The van der Waals surface area contributed by atoms with E-state index in [4.69, 9.17) is 15.7 Å². The topological polar surface area (TPSA) is 133 Å². The Balaban J connectivity index is 1.85. The van der Waals surface area contributed by atoms with E-state index in [2.05, 4.69) is 0 Å². The number of nitrogens with zero attached hydrogens (tertiary/aromatic N) is 3. The summed E-state index contributed by atoms with van der Waals surface area (Å²) in [4.78, 5) is 52.4. The number of rotatable bonds is 6. The fraction of sp³-hybridized carbons (Fsp3) is 0.273. The monoisotopic (exact) mass is 440 g/mol. The molecule has 0 unspecified atom stereocenters. The fourth-order valence-corrected chi connectivity index (χ4v) is 3.28. The number of aliphatic hydroxyl groups is 1. The number of imide groups is 1. The van der Waals surface area contributed by atoms with Crippen molar-refractivity contribution in [3.8, 4) is 5.75 Å². The first-order valence-corrected chi connectivity index (χ1v) is 9.91. The lowest BCUT2D eigenvalue weighted by Crippen LogP contribution is -2.49. The van der Waals surface area contributed by atoms with Crippen LogP contribution in [0.2, 0.25) is 0 Å². The van der Waals surface area contributed by atoms with Gasteiger partial charge < -0.3 is 14.7 Å². The van der Waals surface area contributed by atoms with Gasteiger partial charge >= 0.3 is 0 Å². The van der Waals surface area contributed by atoms with Crippen LogP contribution in [-0.4, -0.2) is 64.9 Å². The van der Waals surface area contributed by atoms with Gasteiger partial charge in [0.1, 0.15) is 25.4 Å². The molecule has 0 atom stereocenters. The Bertz CT molecular complexity index is 1020. The number of ether oxygens (including phenoxy) is 1. The smallest absolute Gasteiger partial charge is 0.263 e. The molecule has 1 aliphatic heterocycles. The number of hydrogen-bond acceptors (Lipinski definition) is 7. The number of para-hydroxylation sites is 1. The molecule has 0 aromatic heterocycles. The number of aliphatic hydroxyl groups excluding tert-OH is 1. The molecule has 0 saturated heterocycles. The first kappa shape index (κ1) is 22.9. The molecule has 0 fully saturated rings. The van der Waals surface area contributed by atoms with Crippen molar-refractivity contribution in [3.05, 3.63) is 59.7 Å². The van der Waals surface area contributed by atoms with Crippen molar-refractivity contribution >= 4 is 29.3 Å². The standard InChI is InChI=1S/C22H24N4O6/c1-15(28)26(23)21(30)13-24-12-17-4-2-3-5-19(17)25(14-20(24)29)22(31)16-6-8-18(9-7-16)32-11-10-27/h2-9,27H,10-14,23H2,1H3. The number of nitrogens with two attached hydrogens (primary N) is 1. The van der Waals surface area contributed by atoms with E-state index >= 15 is 0 Å². The minimum atomic E-state index is -0.721. The molecule has 0 bridgehead atoms. The molecule has 4 amide bonds. The Hall–Kier alpha value is -3.76. The maximum atomic E-state index is 13.2. The lowest BCUT2D eigenvalue weighted by molar-refractivity contribution is -0.147. The van der Waals surface area contributed by atoms with E-state index in [0.29, 0.717) is 27.6 Å². The van der Waals surface area contributed by atoms with Crippen LogP contribution in [0.3, 0.4) is 0 Å². The van der Waals surface area contributed by atoms with E-state index < -0.39 is 23.6 Å². The Kier molecular flexibility index (Phi) is 7.18. The highest BCUT2D eigenvalue weighted by Gasteiger charge is 2.31. The van der Waals surface area contributed by atoms with Crippen molar-refractivity contribution in [2.24, 2.45) is 5.84 Å². The zero-order valence-electron chi connectivity index (χ0n) is 17.6. The van der Waals surface area contributed by atoms with E-state index in [0.717, 1.165) is 6.92 Å². The third-order valence-corrected chi connectivity index (χ3v) is 4.93. The van der Waals surface area contributed by atoms with Crippen molar-refractivity contribution in [1.82, 2.24) is 9.91 Å². The molecule has 10 heteroatoms. The fourth-order valence-electron chi connectivity index (χ4n) is 3.28. The summed E-state index contributed by atoms with van der Waals surface area (Å²) in [6.45, 7) is 0.585. The van der Waals surface area contributed by atoms with Crippen LogP contribution in [0.15, 0.2) is 48.5 Å². The summed E-state index contributed by atoms with van der Waals surface area (Å²) in [7, 11) is 0. The maximum Gasteiger partial charge on any atom is 0.263 e. The molecule has 0 saturated carbocycles. The molecule has 2 aromatic rings. The van der Waals surface area contributed by atoms with Crippen LogP contribution in [0, 0.1) is 0 Å². The highest BCUT2D eigenvalue weighted by atomic mass is 16.5. The predicted octanol–water partition coefficient (Wildman–Crippen LogP) is 0.295. The van der Waals surface area contributed by atoms with Crippen LogP contribution in [0.5, 0.6) is 5.75 Å². The maximum absolute atomic E-state index is 13.2. The number of fused-ring (bicyclic) bond motifs is 1. The zero-order valence-corrected chi connectivity index (χ0v) is 17.6. The van der Waals surface area contributed by atoms with E-state index in [1.165, 1.54) is 9.80 Å². The third kappa shape index (κ3) is 5.10. The Morgan fingerprint density at radius 3 is 2.44 bits per heavy atom. The normalized spacial score (nSPS) is 13.3. The first-order valence-electron chi connectivity index (χ1n) is 9.91. The van der Waals surface area contributed by atoms with E-state index in [1.807, 2.05) is 0 Å². The Labute approximate surface area is 184 Å². The quantitative estimate of drug-likeness (QED) is 0.375. The van der Waals surface area contributed by atoms with Crippen molar-refractivity contribution in [2.45, 2.75) is 13.5 Å². The van der Waals surface area contributed by atoms with Crippen LogP contribution in [0.4, 0.5) is 5.69 Å². The van der Waals surface area contributed by atoms with Gasteiger partial charge in [-0.1, -0.05) is 18.2 Å². The van der Waals surface area contributed by atoms with Crippen molar-refractivity contribution < 1.29 is 29.0 Å². The van der Waals surface area contributed by atoms with Crippen LogP contribution < -0.4 is 15.5 Å². The molecule has 3 rings (SSSR count). The summed E-state index contributed by atoms with van der Waals surface area (Å²) >= 11 is 0. The summed E-state index contributed by atoms with van der Waals surface area (Å²) in [6, 6.07) is 13.4. The van der Waals surface area contributed by atoms with Gasteiger partial charge in [0.05, 0.1) is 6.61 Å². The van der Waals surface area contributed by atoms with E-state index in [-0.39, 0.29) is 32.8 Å². The molecule has 0 spiro atoms. The minimum Gasteiger partial charge on any atom is -0.491 e. The highest BCUT2D eigenvalue weighted by Crippen LogP contribution is 2.27. The van der Waals surface area contributed by atoms with Gasteiger partial charge in [-0.2, -0.15) is 0 Å². The lowest BCUT2D eigenvalue weighted by atomic mass is 10.1. The van der Waals surface area contributed by atoms with Crippen LogP contribution >= 0.6 is 0 Å². The van der Waals surface area contributed by atoms with Gasteiger partial charge in [0.25, 0.3) is 11.8 Å². The number of benzene rings is 2. The predicted molar refractivity (Wildman–Crippen MR) is 114 cm³/mol. The number of carbonyl (C=O) groups is 4. The second-order valence-corrected chi connectivity index (χ2v) is 7.15. The molecule has 3 N–H and O–H groups in total. The largest absolute Gasteiger partial charge is 0.491 e. The van der Waals surface area contributed by atoms with Gasteiger partial charge in [0.2, 0.25) is 11.8 Å². The number of anilines is 1. The summed E-state index contributed by atoms with van der Waals surface area (Å²) in [5, 5.41) is 9.32. The van der Waals surface area contributed by atoms with E-state index in [9.17, 15) is 19.2 Å². The Morgan fingerprint density at radius 1 is 1.09 bits per heavy atom. The Morgan fingerprint density at radius 2 is 1.78 bits per heavy atom. The van der Waals surface area contributed by atoms with Crippen molar-refractivity contribution in [3.63, 3.8) is 0 Å². The van der Waals surface area contributed by atoms with Gasteiger partial charge in [0.15, 0.2) is 0 Å². The number of hydrazine groups is 1. The van der Waals surface area contributed by atoms with Gasteiger partial charge in [0, 0.05) is 24.7 Å². The molecule has 1 aliphatic rings. The molecule has 168 valence electrons. The number of amides is 4. The molecule has 2 aromatic carbocycles. The van der Waals surface area contributed by atoms with Gasteiger partial charge in [-0.25, -0.2) is 10.9 Å². The SMILES string of the molecule is CC(=O)N(N)C(=O)CN1Cc2ccccc2N(C(=O)c2ccc(OCCO)cc2)CC1=O. The van der Waals surface area contributed by atoms with Crippen LogP contribution in [0.1, 0.15) is 22.8 Å². The summed E-state index contributed by atoms with van der Waals surface area (Å²) in [6.07, 6.45) is 0. The second-order valence-electron chi connectivity index (χ2n) is 7.15. The molecule has 10 nitrogen and oxygen atoms in total. The summed E-state index contributed by atoms with van der Waals surface area (Å²) < 4.78 is 5.31. The van der Waals surface area contributed by atoms with Gasteiger partial charge in [-0.05, 0) is 35.9 Å². The molecule has 1 heterocycles. The second kappa shape index (κ2) is 10.0. The average molecular weight is 440 g/mol. The molecule has 0 radical (unpaired) electrons. The van der Waals surface area contributed by atoms with Gasteiger partial charge in [-0.15, -0.1) is 0 Å². The summed E-state index contributed by atoms with van der Waals surface area (Å²) in [5.74, 6) is 3.76.